The molecule has 1 aliphatic heterocycles. The predicted molar refractivity (Wildman–Crippen MR) is 123 cm³/mol. The summed E-state index contributed by atoms with van der Waals surface area (Å²) in [7, 11) is 0. The molecule has 1 N–H and O–H groups in total. The van der Waals surface area contributed by atoms with Crippen LogP contribution in [0.2, 0.25) is 0 Å². The van der Waals surface area contributed by atoms with E-state index in [4.69, 9.17) is 9.47 Å². The minimum absolute atomic E-state index is 0.00197. The van der Waals surface area contributed by atoms with Gasteiger partial charge in [-0.3, -0.25) is 4.79 Å². The third-order valence-electron chi connectivity index (χ3n) is 4.63. The number of carbonyl (C=O) groups is 2. The Bertz CT molecular complexity index is 1130. The molecular weight excluding hydrogens is 424 g/mol. The topological polar surface area (TPSA) is 88.4 Å². The second-order valence-corrected chi connectivity index (χ2v) is 8.22. The van der Waals surface area contributed by atoms with Gasteiger partial charge in [0.05, 0.1) is 13.2 Å². The normalized spacial score (nSPS) is 13.2. The molecule has 0 bridgehead atoms. The zero-order valence-corrected chi connectivity index (χ0v) is 18.9. The molecule has 2 aromatic carbocycles. The van der Waals surface area contributed by atoms with Crippen molar-refractivity contribution < 1.29 is 19.1 Å². The highest BCUT2D eigenvalue weighted by atomic mass is 32.2. The van der Waals surface area contributed by atoms with E-state index in [-0.39, 0.29) is 24.3 Å². The summed E-state index contributed by atoms with van der Waals surface area (Å²) in [5.74, 6) is -0.362. The van der Waals surface area contributed by atoms with Crippen molar-refractivity contribution in [1.82, 2.24) is 5.32 Å². The first-order valence-corrected chi connectivity index (χ1v) is 11.1. The SMILES string of the molecule is C=C(C)C(=O)OCCNC(=O)/C(C#N)=C1\c2ccccc2Sc2ccc(OCCC)cc21. The van der Waals surface area contributed by atoms with Gasteiger partial charge in [-0.2, -0.15) is 5.26 Å². The summed E-state index contributed by atoms with van der Waals surface area (Å²) < 4.78 is 10.8. The van der Waals surface area contributed by atoms with Crippen molar-refractivity contribution in [2.75, 3.05) is 19.8 Å². The summed E-state index contributed by atoms with van der Waals surface area (Å²) in [6, 6.07) is 15.5. The van der Waals surface area contributed by atoms with Crippen molar-refractivity contribution in [3.05, 3.63) is 71.3 Å². The van der Waals surface area contributed by atoms with Crippen LogP contribution in [-0.2, 0) is 14.3 Å². The quantitative estimate of drug-likeness (QED) is 0.236. The molecular formula is C25H24N2O4S. The fraction of sp³-hybridized carbons (Fsp3) is 0.240. The number of hydrogen-bond donors (Lipinski definition) is 1. The van der Waals surface area contributed by atoms with E-state index in [9.17, 15) is 14.9 Å². The van der Waals surface area contributed by atoms with Crippen molar-refractivity contribution in [3.63, 3.8) is 0 Å². The molecule has 0 radical (unpaired) electrons. The summed E-state index contributed by atoms with van der Waals surface area (Å²) in [4.78, 5) is 26.3. The maximum absolute atomic E-state index is 12.9. The van der Waals surface area contributed by atoms with Gasteiger partial charge in [-0.05, 0) is 43.2 Å². The van der Waals surface area contributed by atoms with Crippen LogP contribution in [0.3, 0.4) is 0 Å². The molecule has 32 heavy (non-hydrogen) atoms. The van der Waals surface area contributed by atoms with Crippen LogP contribution in [0.25, 0.3) is 5.57 Å². The molecule has 0 saturated heterocycles. The highest BCUT2D eigenvalue weighted by Gasteiger charge is 2.27. The van der Waals surface area contributed by atoms with Crippen LogP contribution in [0.4, 0.5) is 0 Å². The van der Waals surface area contributed by atoms with E-state index in [0.29, 0.717) is 17.9 Å². The van der Waals surface area contributed by atoms with Crippen LogP contribution >= 0.6 is 11.8 Å². The van der Waals surface area contributed by atoms with Crippen LogP contribution in [-0.4, -0.2) is 31.6 Å². The Morgan fingerprint density at radius 1 is 1.12 bits per heavy atom. The number of esters is 1. The van der Waals surface area contributed by atoms with E-state index in [1.165, 1.54) is 0 Å². The molecule has 3 rings (SSSR count). The van der Waals surface area contributed by atoms with Gasteiger partial charge in [0, 0.05) is 26.5 Å². The van der Waals surface area contributed by atoms with Gasteiger partial charge in [-0.25, -0.2) is 4.79 Å². The smallest absolute Gasteiger partial charge is 0.333 e. The third kappa shape index (κ3) is 5.21. The fourth-order valence-corrected chi connectivity index (χ4v) is 4.21. The molecule has 0 spiro atoms. The number of hydrogen-bond acceptors (Lipinski definition) is 6. The zero-order valence-electron chi connectivity index (χ0n) is 18.1. The number of nitriles is 1. The van der Waals surface area contributed by atoms with Gasteiger partial charge in [0.1, 0.15) is 24.0 Å². The lowest BCUT2D eigenvalue weighted by Crippen LogP contribution is -2.29. The molecule has 0 unspecified atom stereocenters. The van der Waals surface area contributed by atoms with E-state index in [1.807, 2.05) is 49.4 Å². The minimum atomic E-state index is -0.526. The number of benzene rings is 2. The summed E-state index contributed by atoms with van der Waals surface area (Å²) in [6.07, 6.45) is 0.874. The Morgan fingerprint density at radius 3 is 2.59 bits per heavy atom. The molecule has 1 amide bonds. The van der Waals surface area contributed by atoms with E-state index < -0.39 is 11.9 Å². The van der Waals surface area contributed by atoms with Crippen molar-refractivity contribution in [3.8, 4) is 11.8 Å². The maximum atomic E-state index is 12.9. The highest BCUT2D eigenvalue weighted by molar-refractivity contribution is 7.99. The highest BCUT2D eigenvalue weighted by Crippen LogP contribution is 2.47. The first-order valence-electron chi connectivity index (χ1n) is 10.3. The first-order chi connectivity index (χ1) is 15.5. The van der Waals surface area contributed by atoms with Crippen molar-refractivity contribution in [2.24, 2.45) is 0 Å². The average Bonchev–Trinajstić information content (AvgIpc) is 2.80. The van der Waals surface area contributed by atoms with Gasteiger partial charge < -0.3 is 14.8 Å². The third-order valence-corrected chi connectivity index (χ3v) is 5.78. The predicted octanol–water partition coefficient (Wildman–Crippen LogP) is 4.50. The van der Waals surface area contributed by atoms with E-state index in [2.05, 4.69) is 18.0 Å². The van der Waals surface area contributed by atoms with Gasteiger partial charge in [-0.1, -0.05) is 43.5 Å². The minimum Gasteiger partial charge on any atom is -0.494 e. The number of ether oxygens (including phenoxy) is 2. The molecule has 0 aliphatic carbocycles. The van der Waals surface area contributed by atoms with Crippen molar-refractivity contribution >= 4 is 29.2 Å². The number of fused-ring (bicyclic) bond motifs is 2. The van der Waals surface area contributed by atoms with Crippen LogP contribution in [0.15, 0.2) is 70.0 Å². The molecule has 6 nitrogen and oxygen atoms in total. The Labute approximate surface area is 191 Å². The van der Waals surface area contributed by atoms with Crippen LogP contribution in [0, 0.1) is 11.3 Å². The number of nitrogens with one attached hydrogen (secondary N) is 1. The molecule has 1 aliphatic rings. The molecule has 1 heterocycles. The number of carbonyl (C=O) groups excluding carboxylic acids is 2. The molecule has 164 valence electrons. The average molecular weight is 449 g/mol. The van der Waals surface area contributed by atoms with E-state index in [0.717, 1.165) is 27.3 Å². The lowest BCUT2D eigenvalue weighted by atomic mass is 9.92. The monoisotopic (exact) mass is 448 g/mol. The standard InChI is InChI=1S/C25H24N2O4S/c1-4-12-30-17-9-10-22-19(14-17)23(18-7-5-6-8-21(18)32-22)20(15-26)24(28)27-11-13-31-25(29)16(2)3/h5-10,14H,2,4,11-13H2,1,3H3,(H,27,28)/b23-20+. The van der Waals surface area contributed by atoms with E-state index >= 15 is 0 Å². The van der Waals surface area contributed by atoms with Gasteiger partial charge in [0.2, 0.25) is 0 Å². The lowest BCUT2D eigenvalue weighted by Gasteiger charge is -2.23. The van der Waals surface area contributed by atoms with Gasteiger partial charge in [0.25, 0.3) is 5.91 Å². The van der Waals surface area contributed by atoms with Crippen LogP contribution in [0.5, 0.6) is 5.75 Å². The second-order valence-electron chi connectivity index (χ2n) is 7.14. The second kappa shape index (κ2) is 10.7. The zero-order chi connectivity index (χ0) is 23.1. The van der Waals surface area contributed by atoms with Crippen LogP contribution in [0.1, 0.15) is 31.4 Å². The molecule has 0 aromatic heterocycles. The molecule has 0 fully saturated rings. The van der Waals surface area contributed by atoms with Crippen molar-refractivity contribution in [2.45, 2.75) is 30.1 Å². The molecule has 7 heteroatoms. The Balaban J connectivity index is 1.95. The number of rotatable bonds is 8. The van der Waals surface area contributed by atoms with Crippen LogP contribution < -0.4 is 10.1 Å². The fourth-order valence-electron chi connectivity index (χ4n) is 3.14. The molecule has 2 aromatic rings. The molecule has 0 atom stereocenters. The van der Waals surface area contributed by atoms with Gasteiger partial charge in [-0.15, -0.1) is 0 Å². The summed E-state index contributed by atoms with van der Waals surface area (Å²) in [5, 5.41) is 12.6. The lowest BCUT2D eigenvalue weighted by molar-refractivity contribution is -0.139. The summed E-state index contributed by atoms with van der Waals surface area (Å²) >= 11 is 1.59. The van der Waals surface area contributed by atoms with E-state index in [1.54, 1.807) is 18.7 Å². The Hall–Kier alpha value is -3.50. The van der Waals surface area contributed by atoms with Crippen molar-refractivity contribution in [1.29, 1.82) is 5.26 Å². The first kappa shape index (κ1) is 23.2. The number of nitrogens with zero attached hydrogens (tertiary/aromatic N) is 1. The van der Waals surface area contributed by atoms with Gasteiger partial charge >= 0.3 is 5.97 Å². The molecule has 0 saturated carbocycles. The number of amides is 1. The largest absolute Gasteiger partial charge is 0.494 e. The summed E-state index contributed by atoms with van der Waals surface area (Å²) in [6.45, 7) is 7.75. The Kier molecular flexibility index (Phi) is 7.74. The summed E-state index contributed by atoms with van der Waals surface area (Å²) in [5.41, 5.74) is 2.44. The van der Waals surface area contributed by atoms with Gasteiger partial charge in [0.15, 0.2) is 0 Å². The Morgan fingerprint density at radius 2 is 1.88 bits per heavy atom. The maximum Gasteiger partial charge on any atom is 0.333 e.